The standard InChI is InChI=1S/C13H15NO2/c1-7(2)9-5-4-8(3)12-10(9)6-11(15)14-13(12)16/h4-5,7H,6H2,1-3H3,(H,14,15,16). The van der Waals surface area contributed by atoms with Crippen LogP contribution in [0.3, 0.4) is 0 Å². The molecule has 1 aliphatic rings. The maximum atomic E-state index is 11.8. The van der Waals surface area contributed by atoms with E-state index < -0.39 is 0 Å². The van der Waals surface area contributed by atoms with Gasteiger partial charge in [-0.25, -0.2) is 0 Å². The Morgan fingerprint density at radius 1 is 1.25 bits per heavy atom. The summed E-state index contributed by atoms with van der Waals surface area (Å²) in [5.41, 5.74) is 3.63. The van der Waals surface area contributed by atoms with Crippen molar-refractivity contribution in [3.63, 3.8) is 0 Å². The third-order valence-corrected chi connectivity index (χ3v) is 3.00. The normalized spacial score (nSPS) is 15.0. The summed E-state index contributed by atoms with van der Waals surface area (Å²) in [6.45, 7) is 6.04. The summed E-state index contributed by atoms with van der Waals surface area (Å²) in [5.74, 6) is -0.135. The molecular weight excluding hydrogens is 202 g/mol. The first-order valence-corrected chi connectivity index (χ1v) is 5.47. The molecule has 2 amide bonds. The minimum Gasteiger partial charge on any atom is -0.292 e. The quantitative estimate of drug-likeness (QED) is 0.730. The first-order chi connectivity index (χ1) is 7.50. The highest BCUT2D eigenvalue weighted by Crippen LogP contribution is 2.27. The van der Waals surface area contributed by atoms with Gasteiger partial charge in [-0.05, 0) is 29.5 Å². The van der Waals surface area contributed by atoms with Crippen LogP contribution < -0.4 is 5.32 Å². The van der Waals surface area contributed by atoms with Gasteiger partial charge < -0.3 is 0 Å². The monoisotopic (exact) mass is 217 g/mol. The van der Waals surface area contributed by atoms with Crippen molar-refractivity contribution in [3.8, 4) is 0 Å². The highest BCUT2D eigenvalue weighted by atomic mass is 16.2. The molecule has 1 heterocycles. The van der Waals surface area contributed by atoms with Crippen LogP contribution in [0.5, 0.6) is 0 Å². The van der Waals surface area contributed by atoms with E-state index in [1.165, 1.54) is 0 Å². The zero-order chi connectivity index (χ0) is 11.9. The molecule has 0 saturated carbocycles. The molecule has 0 bridgehead atoms. The number of fused-ring (bicyclic) bond motifs is 1. The van der Waals surface area contributed by atoms with Crippen molar-refractivity contribution < 1.29 is 9.59 Å². The van der Waals surface area contributed by atoms with Crippen molar-refractivity contribution in [3.05, 3.63) is 34.4 Å². The number of carbonyl (C=O) groups is 2. The highest BCUT2D eigenvalue weighted by molar-refractivity contribution is 6.10. The Balaban J connectivity index is 2.67. The van der Waals surface area contributed by atoms with Gasteiger partial charge in [0.25, 0.3) is 5.91 Å². The Bertz CT molecular complexity index is 475. The Morgan fingerprint density at radius 2 is 1.94 bits per heavy atom. The molecule has 0 aromatic heterocycles. The Kier molecular flexibility index (Phi) is 2.54. The van der Waals surface area contributed by atoms with Crippen LogP contribution in [0, 0.1) is 6.92 Å². The lowest BCUT2D eigenvalue weighted by Gasteiger charge is -2.22. The van der Waals surface area contributed by atoms with Gasteiger partial charge >= 0.3 is 0 Å². The zero-order valence-electron chi connectivity index (χ0n) is 9.76. The molecule has 84 valence electrons. The third-order valence-electron chi connectivity index (χ3n) is 3.00. The first-order valence-electron chi connectivity index (χ1n) is 5.47. The fraction of sp³-hybridized carbons (Fsp3) is 0.385. The number of rotatable bonds is 1. The van der Waals surface area contributed by atoms with Crippen LogP contribution in [0.2, 0.25) is 0 Å². The second kappa shape index (κ2) is 3.74. The van der Waals surface area contributed by atoms with E-state index in [0.717, 1.165) is 16.7 Å². The van der Waals surface area contributed by atoms with Crippen LogP contribution in [-0.2, 0) is 11.2 Å². The van der Waals surface area contributed by atoms with Gasteiger partial charge in [0.05, 0.1) is 6.42 Å². The van der Waals surface area contributed by atoms with Gasteiger partial charge in [-0.2, -0.15) is 0 Å². The predicted molar refractivity (Wildman–Crippen MR) is 61.4 cm³/mol. The number of amides is 2. The molecule has 1 aliphatic heterocycles. The second-order valence-corrected chi connectivity index (χ2v) is 4.53. The van der Waals surface area contributed by atoms with E-state index in [-0.39, 0.29) is 11.8 Å². The van der Waals surface area contributed by atoms with Gasteiger partial charge in [0, 0.05) is 5.56 Å². The fourth-order valence-electron chi connectivity index (χ4n) is 2.22. The molecule has 0 atom stereocenters. The van der Waals surface area contributed by atoms with Crippen molar-refractivity contribution in [1.82, 2.24) is 5.32 Å². The van der Waals surface area contributed by atoms with E-state index in [1.54, 1.807) is 0 Å². The van der Waals surface area contributed by atoms with Crippen LogP contribution in [0.15, 0.2) is 12.1 Å². The van der Waals surface area contributed by atoms with Gasteiger partial charge in [-0.3, -0.25) is 14.9 Å². The lowest BCUT2D eigenvalue weighted by molar-refractivity contribution is -0.119. The summed E-state index contributed by atoms with van der Waals surface area (Å²) in [6.07, 6.45) is 0.316. The lowest BCUT2D eigenvalue weighted by atomic mass is 9.86. The minimum absolute atomic E-state index is 0.204. The van der Waals surface area contributed by atoms with Crippen LogP contribution in [0.25, 0.3) is 0 Å². The van der Waals surface area contributed by atoms with Crippen molar-refractivity contribution in [2.24, 2.45) is 0 Å². The summed E-state index contributed by atoms with van der Waals surface area (Å²) in [4.78, 5) is 23.2. The Labute approximate surface area is 94.9 Å². The first kappa shape index (κ1) is 10.9. The van der Waals surface area contributed by atoms with Crippen molar-refractivity contribution in [2.45, 2.75) is 33.1 Å². The molecule has 1 N–H and O–H groups in total. The molecule has 1 aromatic carbocycles. The number of benzene rings is 1. The predicted octanol–water partition coefficient (Wildman–Crippen LogP) is 1.93. The fourth-order valence-corrected chi connectivity index (χ4v) is 2.22. The van der Waals surface area contributed by atoms with E-state index in [9.17, 15) is 9.59 Å². The number of nitrogens with one attached hydrogen (secondary N) is 1. The molecule has 0 spiro atoms. The van der Waals surface area contributed by atoms with Crippen LogP contribution in [0.4, 0.5) is 0 Å². The van der Waals surface area contributed by atoms with E-state index in [4.69, 9.17) is 0 Å². The average Bonchev–Trinajstić information content (AvgIpc) is 2.15. The maximum Gasteiger partial charge on any atom is 0.258 e. The largest absolute Gasteiger partial charge is 0.292 e. The molecule has 1 aromatic rings. The molecule has 16 heavy (non-hydrogen) atoms. The molecule has 3 heteroatoms. The van der Waals surface area contributed by atoms with Crippen molar-refractivity contribution in [2.75, 3.05) is 0 Å². The van der Waals surface area contributed by atoms with Gasteiger partial charge in [0.2, 0.25) is 5.91 Å². The maximum absolute atomic E-state index is 11.8. The van der Waals surface area contributed by atoms with Gasteiger partial charge in [0.15, 0.2) is 0 Å². The van der Waals surface area contributed by atoms with E-state index in [1.807, 2.05) is 19.1 Å². The van der Waals surface area contributed by atoms with E-state index >= 15 is 0 Å². The second-order valence-electron chi connectivity index (χ2n) is 4.53. The molecule has 0 aliphatic carbocycles. The molecule has 2 rings (SSSR count). The Hall–Kier alpha value is -1.64. The Morgan fingerprint density at radius 3 is 2.56 bits per heavy atom. The smallest absolute Gasteiger partial charge is 0.258 e. The van der Waals surface area contributed by atoms with Gasteiger partial charge in [0.1, 0.15) is 0 Å². The van der Waals surface area contributed by atoms with Gasteiger partial charge in [-0.15, -0.1) is 0 Å². The summed E-state index contributed by atoms with van der Waals surface area (Å²) < 4.78 is 0. The molecular formula is C13H15NO2. The average molecular weight is 217 g/mol. The summed E-state index contributed by atoms with van der Waals surface area (Å²) in [5, 5.41) is 2.36. The van der Waals surface area contributed by atoms with Crippen LogP contribution in [0.1, 0.15) is 46.8 Å². The SMILES string of the molecule is Cc1ccc(C(C)C)c2c1C(=O)NC(=O)C2. The van der Waals surface area contributed by atoms with Crippen molar-refractivity contribution in [1.29, 1.82) is 0 Å². The summed E-state index contributed by atoms with van der Waals surface area (Å²) in [6, 6.07) is 3.97. The highest BCUT2D eigenvalue weighted by Gasteiger charge is 2.26. The minimum atomic E-state index is -0.258. The van der Waals surface area contributed by atoms with Gasteiger partial charge in [-0.1, -0.05) is 26.0 Å². The van der Waals surface area contributed by atoms with E-state index in [0.29, 0.717) is 17.9 Å². The van der Waals surface area contributed by atoms with Crippen LogP contribution >= 0.6 is 0 Å². The number of carbonyl (C=O) groups excluding carboxylic acids is 2. The number of hydrogen-bond acceptors (Lipinski definition) is 2. The lowest BCUT2D eigenvalue weighted by Crippen LogP contribution is -2.38. The van der Waals surface area contributed by atoms with E-state index in [2.05, 4.69) is 19.2 Å². The van der Waals surface area contributed by atoms with Crippen molar-refractivity contribution >= 4 is 11.8 Å². The van der Waals surface area contributed by atoms with Crippen LogP contribution in [-0.4, -0.2) is 11.8 Å². The number of imide groups is 1. The third kappa shape index (κ3) is 1.62. The zero-order valence-corrected chi connectivity index (χ0v) is 9.76. The molecule has 3 nitrogen and oxygen atoms in total. The summed E-state index contributed by atoms with van der Waals surface area (Å²) in [7, 11) is 0. The number of aryl methyl sites for hydroxylation is 1. The molecule has 0 radical (unpaired) electrons. The topological polar surface area (TPSA) is 46.2 Å². The molecule has 0 unspecified atom stereocenters. The molecule has 0 fully saturated rings. The summed E-state index contributed by atoms with van der Waals surface area (Å²) >= 11 is 0. The molecule has 0 saturated heterocycles. The number of hydrogen-bond donors (Lipinski definition) is 1.